The number of aromatic amines is 2. The third-order valence-corrected chi connectivity index (χ3v) is 3.38. The van der Waals surface area contributed by atoms with Crippen LogP contribution >= 0.6 is 0 Å². The second-order valence-corrected chi connectivity index (χ2v) is 4.78. The summed E-state index contributed by atoms with van der Waals surface area (Å²) in [6, 6.07) is 9.59. The standard InChI is InChI=1S/C14H13N3O3/c18-12-6-10-11(15-14(20)16-13(10)19)8-17(12)7-9-4-2-1-3-5-9/h1-5H,6-8H2,(H2,15,16,19,20). The van der Waals surface area contributed by atoms with Gasteiger partial charge in [-0.2, -0.15) is 0 Å². The van der Waals surface area contributed by atoms with Gasteiger partial charge in [-0.3, -0.25) is 14.6 Å². The van der Waals surface area contributed by atoms with E-state index >= 15 is 0 Å². The van der Waals surface area contributed by atoms with Gasteiger partial charge in [0, 0.05) is 17.8 Å². The van der Waals surface area contributed by atoms with E-state index in [1.165, 1.54) is 0 Å². The van der Waals surface area contributed by atoms with Gasteiger partial charge in [0.1, 0.15) is 0 Å². The van der Waals surface area contributed by atoms with E-state index in [0.29, 0.717) is 17.8 Å². The van der Waals surface area contributed by atoms with Crippen LogP contribution in [-0.2, 0) is 24.3 Å². The molecule has 0 radical (unpaired) electrons. The fourth-order valence-electron chi connectivity index (χ4n) is 2.37. The number of rotatable bonds is 2. The topological polar surface area (TPSA) is 86.0 Å². The molecule has 2 N–H and O–H groups in total. The highest BCUT2D eigenvalue weighted by molar-refractivity contribution is 5.80. The van der Waals surface area contributed by atoms with E-state index in [0.717, 1.165) is 5.56 Å². The van der Waals surface area contributed by atoms with Crippen molar-refractivity contribution in [3.8, 4) is 0 Å². The van der Waals surface area contributed by atoms with E-state index in [4.69, 9.17) is 0 Å². The molecule has 2 aromatic rings. The monoisotopic (exact) mass is 271 g/mol. The van der Waals surface area contributed by atoms with Crippen molar-refractivity contribution < 1.29 is 4.79 Å². The molecular weight excluding hydrogens is 258 g/mol. The fraction of sp³-hybridized carbons (Fsp3) is 0.214. The van der Waals surface area contributed by atoms with E-state index < -0.39 is 11.2 Å². The van der Waals surface area contributed by atoms with Gasteiger partial charge in [-0.1, -0.05) is 30.3 Å². The highest BCUT2D eigenvalue weighted by Crippen LogP contribution is 2.16. The molecule has 0 spiro atoms. The van der Waals surface area contributed by atoms with Crippen LogP contribution in [0, 0.1) is 0 Å². The maximum absolute atomic E-state index is 12.1. The number of nitrogens with zero attached hydrogens (tertiary/aromatic N) is 1. The van der Waals surface area contributed by atoms with Crippen molar-refractivity contribution in [2.45, 2.75) is 19.5 Å². The Morgan fingerprint density at radius 1 is 1.05 bits per heavy atom. The summed E-state index contributed by atoms with van der Waals surface area (Å²) < 4.78 is 0. The third-order valence-electron chi connectivity index (χ3n) is 3.38. The van der Waals surface area contributed by atoms with Gasteiger partial charge in [0.15, 0.2) is 0 Å². The Hall–Kier alpha value is -2.63. The molecule has 0 saturated heterocycles. The van der Waals surface area contributed by atoms with Gasteiger partial charge in [-0.25, -0.2) is 4.79 Å². The van der Waals surface area contributed by atoms with E-state index in [1.54, 1.807) is 4.90 Å². The maximum atomic E-state index is 12.1. The Balaban J connectivity index is 1.91. The highest BCUT2D eigenvalue weighted by atomic mass is 16.2. The van der Waals surface area contributed by atoms with Gasteiger partial charge in [0.25, 0.3) is 5.56 Å². The number of hydrogen-bond donors (Lipinski definition) is 2. The van der Waals surface area contributed by atoms with Crippen LogP contribution < -0.4 is 11.2 Å². The van der Waals surface area contributed by atoms with Gasteiger partial charge in [-0.15, -0.1) is 0 Å². The van der Waals surface area contributed by atoms with E-state index in [1.807, 2.05) is 30.3 Å². The average Bonchev–Trinajstić information content (AvgIpc) is 2.42. The number of fused-ring (bicyclic) bond motifs is 1. The minimum atomic E-state index is -0.539. The molecule has 0 unspecified atom stereocenters. The molecule has 1 aromatic heterocycles. The molecule has 1 aromatic carbocycles. The summed E-state index contributed by atoms with van der Waals surface area (Å²) in [5, 5.41) is 0. The lowest BCUT2D eigenvalue weighted by Crippen LogP contribution is -2.41. The SMILES string of the molecule is O=C1Cc2c([nH]c(=O)[nH]c2=O)CN1Cc1ccccc1. The number of carbonyl (C=O) groups excluding carboxylic acids is 1. The largest absolute Gasteiger partial charge is 0.332 e. The van der Waals surface area contributed by atoms with E-state index in [2.05, 4.69) is 9.97 Å². The van der Waals surface area contributed by atoms with Crippen LogP contribution in [0.1, 0.15) is 16.8 Å². The summed E-state index contributed by atoms with van der Waals surface area (Å²) in [5.74, 6) is -0.112. The predicted molar refractivity (Wildman–Crippen MR) is 72.1 cm³/mol. The first kappa shape index (κ1) is 12.4. The van der Waals surface area contributed by atoms with Crippen LogP contribution in [0.4, 0.5) is 0 Å². The molecule has 6 nitrogen and oxygen atoms in total. The second kappa shape index (κ2) is 4.80. The quantitative estimate of drug-likeness (QED) is 0.815. The molecule has 1 aliphatic heterocycles. The summed E-state index contributed by atoms with van der Waals surface area (Å²) in [4.78, 5) is 41.4. The molecule has 0 atom stereocenters. The molecule has 3 rings (SSSR count). The first-order valence-corrected chi connectivity index (χ1v) is 6.29. The molecule has 1 aliphatic rings. The van der Waals surface area contributed by atoms with Gasteiger partial charge in [0.05, 0.1) is 13.0 Å². The number of aromatic nitrogens is 2. The third kappa shape index (κ3) is 2.27. The molecule has 0 saturated carbocycles. The number of benzene rings is 1. The van der Waals surface area contributed by atoms with Crippen molar-refractivity contribution in [3.63, 3.8) is 0 Å². The lowest BCUT2D eigenvalue weighted by Gasteiger charge is -2.27. The maximum Gasteiger partial charge on any atom is 0.325 e. The lowest BCUT2D eigenvalue weighted by molar-refractivity contribution is -0.132. The molecule has 0 fully saturated rings. The molecule has 6 heteroatoms. The van der Waals surface area contributed by atoms with Crippen LogP contribution in [0.5, 0.6) is 0 Å². The molecule has 2 heterocycles. The van der Waals surface area contributed by atoms with Crippen molar-refractivity contribution in [1.29, 1.82) is 0 Å². The Morgan fingerprint density at radius 2 is 1.80 bits per heavy atom. The number of amides is 1. The zero-order chi connectivity index (χ0) is 14.1. The van der Waals surface area contributed by atoms with Crippen molar-refractivity contribution in [1.82, 2.24) is 14.9 Å². The van der Waals surface area contributed by atoms with Crippen molar-refractivity contribution in [2.75, 3.05) is 0 Å². The number of nitrogens with one attached hydrogen (secondary N) is 2. The van der Waals surface area contributed by atoms with Crippen molar-refractivity contribution in [3.05, 3.63) is 68.0 Å². The summed E-state index contributed by atoms with van der Waals surface area (Å²) in [7, 11) is 0. The number of hydrogen-bond acceptors (Lipinski definition) is 3. The van der Waals surface area contributed by atoms with Gasteiger partial charge in [-0.05, 0) is 5.56 Å². The van der Waals surface area contributed by atoms with Gasteiger partial charge >= 0.3 is 5.69 Å². The molecular formula is C14H13N3O3. The van der Waals surface area contributed by atoms with Crippen LogP contribution in [0.15, 0.2) is 39.9 Å². The zero-order valence-corrected chi connectivity index (χ0v) is 10.7. The van der Waals surface area contributed by atoms with E-state index in [-0.39, 0.29) is 18.9 Å². The van der Waals surface area contributed by atoms with Crippen molar-refractivity contribution in [2.24, 2.45) is 0 Å². The molecule has 102 valence electrons. The molecule has 20 heavy (non-hydrogen) atoms. The summed E-state index contributed by atoms with van der Waals surface area (Å²) >= 11 is 0. The van der Waals surface area contributed by atoms with E-state index in [9.17, 15) is 14.4 Å². The van der Waals surface area contributed by atoms with Crippen LogP contribution in [0.2, 0.25) is 0 Å². The minimum absolute atomic E-state index is 0.0221. The first-order chi connectivity index (χ1) is 9.63. The highest BCUT2D eigenvalue weighted by Gasteiger charge is 2.25. The predicted octanol–water partition coefficient (Wildman–Crippen LogP) is 0.148. The molecule has 0 bridgehead atoms. The normalized spacial score (nSPS) is 14.2. The smallest absolute Gasteiger partial charge is 0.325 e. The number of carbonyl (C=O) groups is 1. The minimum Gasteiger partial charge on any atom is -0.332 e. The Labute approximate surface area is 114 Å². The Kier molecular flexibility index (Phi) is 2.98. The van der Waals surface area contributed by atoms with Crippen LogP contribution in [-0.4, -0.2) is 20.8 Å². The molecule has 0 aliphatic carbocycles. The van der Waals surface area contributed by atoms with Crippen LogP contribution in [0.3, 0.4) is 0 Å². The zero-order valence-electron chi connectivity index (χ0n) is 10.7. The van der Waals surface area contributed by atoms with Gasteiger partial charge in [0.2, 0.25) is 5.91 Å². The second-order valence-electron chi connectivity index (χ2n) is 4.78. The van der Waals surface area contributed by atoms with Crippen LogP contribution in [0.25, 0.3) is 0 Å². The summed E-state index contributed by atoms with van der Waals surface area (Å²) in [6.07, 6.45) is 0.0221. The lowest BCUT2D eigenvalue weighted by atomic mass is 10.1. The Bertz CT molecular complexity index is 761. The number of H-pyrrole nitrogens is 2. The van der Waals surface area contributed by atoms with Crippen molar-refractivity contribution >= 4 is 5.91 Å². The van der Waals surface area contributed by atoms with Gasteiger partial charge < -0.3 is 9.88 Å². The first-order valence-electron chi connectivity index (χ1n) is 6.29. The fourth-order valence-corrected chi connectivity index (χ4v) is 2.37. The Morgan fingerprint density at radius 3 is 2.55 bits per heavy atom. The molecule has 1 amide bonds. The summed E-state index contributed by atoms with van der Waals surface area (Å²) in [6.45, 7) is 0.718. The average molecular weight is 271 g/mol. The summed E-state index contributed by atoms with van der Waals surface area (Å²) in [5.41, 5.74) is 0.879.